The van der Waals surface area contributed by atoms with E-state index < -0.39 is 0 Å². The highest BCUT2D eigenvalue weighted by molar-refractivity contribution is 5.33. The van der Waals surface area contributed by atoms with Crippen LogP contribution in [0.3, 0.4) is 0 Å². The number of rotatable bonds is 8. The minimum atomic E-state index is 0.390. The minimum absolute atomic E-state index is 0.390. The fraction of sp³-hybridized carbons (Fsp3) is 0.429. The van der Waals surface area contributed by atoms with E-state index in [0.29, 0.717) is 5.75 Å². The van der Waals surface area contributed by atoms with E-state index in [4.69, 9.17) is 0 Å². The van der Waals surface area contributed by atoms with E-state index in [-0.39, 0.29) is 0 Å². The molecule has 0 radical (unpaired) electrons. The average molecular weight is 298 g/mol. The first-order chi connectivity index (χ1) is 10.5. The lowest BCUT2D eigenvalue weighted by molar-refractivity contribution is 0.469. The lowest BCUT2D eigenvalue weighted by Gasteiger charge is -2.03. The summed E-state index contributed by atoms with van der Waals surface area (Å²) in [4.78, 5) is 0. The third kappa shape index (κ3) is 7.87. The van der Waals surface area contributed by atoms with Crippen molar-refractivity contribution in [1.29, 1.82) is 0 Å². The van der Waals surface area contributed by atoms with Crippen molar-refractivity contribution in [2.75, 3.05) is 0 Å². The van der Waals surface area contributed by atoms with Crippen LogP contribution in [0.4, 0.5) is 0 Å². The second kappa shape index (κ2) is 10.0. The Balaban J connectivity index is 2.36. The summed E-state index contributed by atoms with van der Waals surface area (Å²) >= 11 is 0. The van der Waals surface area contributed by atoms with Crippen molar-refractivity contribution in [2.45, 2.75) is 59.8 Å². The summed E-state index contributed by atoms with van der Waals surface area (Å²) in [5.41, 5.74) is 5.26. The molecule has 0 bridgehead atoms. The van der Waals surface area contributed by atoms with Gasteiger partial charge in [-0.25, -0.2) is 0 Å². The molecule has 1 aromatic rings. The van der Waals surface area contributed by atoms with Crippen molar-refractivity contribution in [2.24, 2.45) is 0 Å². The summed E-state index contributed by atoms with van der Waals surface area (Å²) in [7, 11) is 0. The van der Waals surface area contributed by atoms with E-state index >= 15 is 0 Å². The van der Waals surface area contributed by atoms with E-state index in [9.17, 15) is 5.11 Å². The van der Waals surface area contributed by atoms with Gasteiger partial charge in [-0.1, -0.05) is 53.1 Å². The molecule has 120 valence electrons. The standard InChI is InChI=1S/C21H30O/c1-17(2)9-7-10-18(3)11-8-12-19(4)15-16-20-13-5-6-14-21(20)22/h5-6,9,11,13-15,22H,7-8,10,12,16H2,1-4H3. The number of phenolic OH excluding ortho intramolecular Hbond substituents is 1. The Morgan fingerprint density at radius 1 is 0.864 bits per heavy atom. The first-order valence-electron chi connectivity index (χ1n) is 8.20. The summed E-state index contributed by atoms with van der Waals surface area (Å²) in [6.45, 7) is 8.70. The van der Waals surface area contributed by atoms with Gasteiger partial charge in [-0.3, -0.25) is 0 Å². The lowest BCUT2D eigenvalue weighted by Crippen LogP contribution is -1.85. The fourth-order valence-corrected chi connectivity index (χ4v) is 2.31. The molecule has 1 N–H and O–H groups in total. The van der Waals surface area contributed by atoms with Gasteiger partial charge in [0.1, 0.15) is 5.75 Å². The van der Waals surface area contributed by atoms with Crippen molar-refractivity contribution >= 4 is 0 Å². The molecule has 0 saturated heterocycles. The number of benzene rings is 1. The number of allylic oxidation sites excluding steroid dienone is 6. The highest BCUT2D eigenvalue weighted by Gasteiger charge is 1.97. The Bertz CT molecular complexity index is 543. The molecular weight excluding hydrogens is 268 g/mol. The summed E-state index contributed by atoms with van der Waals surface area (Å²) in [5, 5.41) is 9.75. The van der Waals surface area contributed by atoms with Gasteiger partial charge in [0.2, 0.25) is 0 Å². The van der Waals surface area contributed by atoms with Crippen LogP contribution in [0.25, 0.3) is 0 Å². The minimum Gasteiger partial charge on any atom is -0.508 e. The van der Waals surface area contributed by atoms with Crippen LogP contribution in [0.15, 0.2) is 59.2 Å². The molecule has 1 aromatic carbocycles. The maximum Gasteiger partial charge on any atom is 0.119 e. The van der Waals surface area contributed by atoms with Crippen molar-refractivity contribution in [1.82, 2.24) is 0 Å². The van der Waals surface area contributed by atoms with Crippen LogP contribution in [-0.2, 0) is 6.42 Å². The van der Waals surface area contributed by atoms with Crippen molar-refractivity contribution in [3.8, 4) is 5.75 Å². The monoisotopic (exact) mass is 298 g/mol. The zero-order valence-electron chi connectivity index (χ0n) is 14.5. The molecule has 0 aromatic heterocycles. The molecule has 0 aliphatic rings. The second-order valence-corrected chi connectivity index (χ2v) is 6.29. The molecule has 0 heterocycles. The molecular formula is C21H30O. The third-order valence-corrected chi connectivity index (χ3v) is 3.78. The molecule has 0 aliphatic carbocycles. The summed E-state index contributed by atoms with van der Waals surface area (Å²) < 4.78 is 0. The topological polar surface area (TPSA) is 20.2 Å². The number of aromatic hydroxyl groups is 1. The number of hydrogen-bond donors (Lipinski definition) is 1. The normalized spacial score (nSPS) is 12.4. The van der Waals surface area contributed by atoms with E-state index in [0.717, 1.165) is 37.7 Å². The second-order valence-electron chi connectivity index (χ2n) is 6.29. The maximum absolute atomic E-state index is 9.75. The molecule has 0 fully saturated rings. The van der Waals surface area contributed by atoms with E-state index in [1.165, 1.54) is 16.7 Å². The third-order valence-electron chi connectivity index (χ3n) is 3.78. The van der Waals surface area contributed by atoms with Crippen molar-refractivity contribution in [3.63, 3.8) is 0 Å². The number of phenols is 1. The highest BCUT2D eigenvalue weighted by atomic mass is 16.3. The van der Waals surface area contributed by atoms with Gasteiger partial charge in [0.25, 0.3) is 0 Å². The van der Waals surface area contributed by atoms with Crippen LogP contribution >= 0.6 is 0 Å². The zero-order valence-corrected chi connectivity index (χ0v) is 14.5. The van der Waals surface area contributed by atoms with Crippen molar-refractivity contribution < 1.29 is 5.11 Å². The van der Waals surface area contributed by atoms with Crippen LogP contribution in [0.5, 0.6) is 5.75 Å². The van der Waals surface area contributed by atoms with Crippen LogP contribution in [0.2, 0.25) is 0 Å². The first-order valence-corrected chi connectivity index (χ1v) is 8.20. The summed E-state index contributed by atoms with van der Waals surface area (Å²) in [5.74, 6) is 0.390. The van der Waals surface area contributed by atoms with E-state index in [1.807, 2.05) is 18.2 Å². The maximum atomic E-state index is 9.75. The highest BCUT2D eigenvalue weighted by Crippen LogP contribution is 2.18. The Labute approximate surface area is 136 Å². The van der Waals surface area contributed by atoms with Gasteiger partial charge < -0.3 is 5.11 Å². The Morgan fingerprint density at radius 2 is 1.45 bits per heavy atom. The van der Waals surface area contributed by atoms with Gasteiger partial charge in [0.05, 0.1) is 0 Å². The largest absolute Gasteiger partial charge is 0.508 e. The molecule has 0 saturated carbocycles. The SMILES string of the molecule is CC(C)=CCCC(C)=CCCC(C)=CCc1ccccc1O. The predicted octanol–water partition coefficient (Wildman–Crippen LogP) is 6.35. The van der Waals surface area contributed by atoms with Crippen LogP contribution in [0, 0.1) is 0 Å². The van der Waals surface area contributed by atoms with E-state index in [1.54, 1.807) is 6.07 Å². The summed E-state index contributed by atoms with van der Waals surface area (Å²) in [6.07, 6.45) is 12.2. The molecule has 0 atom stereocenters. The molecule has 0 aliphatic heterocycles. The summed E-state index contributed by atoms with van der Waals surface area (Å²) in [6, 6.07) is 7.55. The molecule has 1 heteroatoms. The van der Waals surface area contributed by atoms with Gasteiger partial charge in [-0.2, -0.15) is 0 Å². The predicted molar refractivity (Wildman–Crippen MR) is 97.2 cm³/mol. The lowest BCUT2D eigenvalue weighted by atomic mass is 10.0. The molecule has 0 spiro atoms. The fourth-order valence-electron chi connectivity index (χ4n) is 2.31. The number of hydrogen-bond acceptors (Lipinski definition) is 1. The molecule has 1 rings (SSSR count). The van der Waals surface area contributed by atoms with Gasteiger partial charge in [-0.05, 0) is 71.4 Å². The van der Waals surface area contributed by atoms with Crippen LogP contribution in [0.1, 0.15) is 58.9 Å². The Hall–Kier alpha value is -1.76. The molecule has 22 heavy (non-hydrogen) atoms. The molecule has 0 amide bonds. The van der Waals surface area contributed by atoms with Crippen LogP contribution in [-0.4, -0.2) is 5.11 Å². The van der Waals surface area contributed by atoms with Gasteiger partial charge in [0.15, 0.2) is 0 Å². The Kier molecular flexibility index (Phi) is 8.35. The Morgan fingerprint density at radius 3 is 2.09 bits per heavy atom. The molecule has 0 unspecified atom stereocenters. The van der Waals surface area contributed by atoms with E-state index in [2.05, 4.69) is 45.9 Å². The number of para-hydroxylation sites is 1. The average Bonchev–Trinajstić information content (AvgIpc) is 2.46. The molecule has 1 nitrogen and oxygen atoms in total. The van der Waals surface area contributed by atoms with Gasteiger partial charge in [0, 0.05) is 0 Å². The smallest absolute Gasteiger partial charge is 0.119 e. The van der Waals surface area contributed by atoms with Crippen LogP contribution < -0.4 is 0 Å². The quantitative estimate of drug-likeness (QED) is 0.554. The first kappa shape index (κ1) is 18.3. The van der Waals surface area contributed by atoms with Gasteiger partial charge in [-0.15, -0.1) is 0 Å². The zero-order chi connectivity index (χ0) is 16.4. The van der Waals surface area contributed by atoms with Crippen molar-refractivity contribution in [3.05, 3.63) is 64.8 Å². The van der Waals surface area contributed by atoms with Gasteiger partial charge >= 0.3 is 0 Å².